The number of aromatic nitrogens is 2. The van der Waals surface area contributed by atoms with Gasteiger partial charge in [0, 0.05) is 46.0 Å². The fraction of sp³-hybridized carbons (Fsp3) is 0.765. The van der Waals surface area contributed by atoms with Crippen molar-refractivity contribution in [2.24, 2.45) is 12.0 Å². The van der Waals surface area contributed by atoms with Crippen LogP contribution in [-0.4, -0.2) is 60.2 Å². The molecule has 9 heteroatoms. The number of halogens is 1. The van der Waals surface area contributed by atoms with Gasteiger partial charge in [-0.3, -0.25) is 9.67 Å². The molecule has 0 aliphatic rings. The van der Waals surface area contributed by atoms with Crippen molar-refractivity contribution < 1.29 is 8.42 Å². The molecule has 152 valence electrons. The minimum Gasteiger partial charge on any atom is -0.355 e. The third-order valence-corrected chi connectivity index (χ3v) is 6.66. The van der Waals surface area contributed by atoms with Crippen LogP contribution >= 0.6 is 24.0 Å². The minimum absolute atomic E-state index is 0. The monoisotopic (exact) mass is 499 g/mol. The van der Waals surface area contributed by atoms with Crippen molar-refractivity contribution in [3.8, 4) is 0 Å². The number of nitrogens with zero attached hydrogens (tertiary/aromatic N) is 4. The van der Waals surface area contributed by atoms with E-state index in [1.54, 1.807) is 27.8 Å². The molecule has 26 heavy (non-hydrogen) atoms. The van der Waals surface area contributed by atoms with Gasteiger partial charge in [0.15, 0.2) is 15.8 Å². The first-order valence-corrected chi connectivity index (χ1v) is 10.2. The number of guanidine groups is 1. The Bertz CT molecular complexity index is 705. The van der Waals surface area contributed by atoms with Gasteiger partial charge in [0.05, 0.1) is 16.2 Å². The third-order valence-electron chi connectivity index (χ3n) is 4.05. The average Bonchev–Trinajstić information content (AvgIpc) is 2.83. The fourth-order valence-corrected chi connectivity index (χ4v) is 3.46. The maximum absolute atomic E-state index is 12.2. The Kier molecular flexibility index (Phi) is 9.59. The van der Waals surface area contributed by atoms with Crippen LogP contribution in [0.3, 0.4) is 0 Å². The Labute approximate surface area is 175 Å². The van der Waals surface area contributed by atoms with Crippen molar-refractivity contribution in [2.75, 3.05) is 26.4 Å². The lowest BCUT2D eigenvalue weighted by Crippen LogP contribution is -2.42. The van der Waals surface area contributed by atoms with Gasteiger partial charge in [0.2, 0.25) is 0 Å². The zero-order valence-electron chi connectivity index (χ0n) is 17.2. The first-order valence-electron chi connectivity index (χ1n) is 8.55. The zero-order valence-corrected chi connectivity index (χ0v) is 20.3. The zero-order chi connectivity index (χ0) is 19.4. The topological polar surface area (TPSA) is 79.6 Å². The van der Waals surface area contributed by atoms with Crippen molar-refractivity contribution in [3.63, 3.8) is 0 Å². The van der Waals surface area contributed by atoms with Crippen molar-refractivity contribution in [3.05, 3.63) is 17.5 Å². The van der Waals surface area contributed by atoms with E-state index in [0.29, 0.717) is 25.0 Å². The van der Waals surface area contributed by atoms with Crippen molar-refractivity contribution in [1.82, 2.24) is 20.0 Å². The fourth-order valence-electron chi connectivity index (χ4n) is 2.48. The Morgan fingerprint density at radius 3 is 2.42 bits per heavy atom. The van der Waals surface area contributed by atoms with Crippen LogP contribution in [0, 0.1) is 0 Å². The number of rotatable bonds is 6. The Morgan fingerprint density at radius 2 is 1.96 bits per heavy atom. The van der Waals surface area contributed by atoms with Crippen LogP contribution in [-0.2, 0) is 23.4 Å². The van der Waals surface area contributed by atoms with E-state index in [1.807, 2.05) is 29.9 Å². The standard InChI is InChI=1S/C17H33N5O2S.HI/c1-13(2)15-14(12-22(8)20-15)11-21(7)16(18-6)19-9-10-25(23,24)17(3,4)5;/h12-13H,9-11H2,1-8H3,(H,18,19);1H. The molecule has 0 spiro atoms. The highest BCUT2D eigenvalue weighted by Gasteiger charge is 2.28. The highest BCUT2D eigenvalue weighted by Crippen LogP contribution is 2.18. The summed E-state index contributed by atoms with van der Waals surface area (Å²) in [5.74, 6) is 1.09. The molecule has 0 saturated heterocycles. The van der Waals surface area contributed by atoms with Crippen molar-refractivity contribution in [1.29, 1.82) is 0 Å². The summed E-state index contributed by atoms with van der Waals surface area (Å²) in [4.78, 5) is 6.24. The van der Waals surface area contributed by atoms with E-state index < -0.39 is 14.6 Å². The van der Waals surface area contributed by atoms with E-state index in [1.165, 1.54) is 0 Å². The largest absolute Gasteiger partial charge is 0.355 e. The van der Waals surface area contributed by atoms with Crippen LogP contribution in [0.2, 0.25) is 0 Å². The SMILES string of the molecule is CN=C(NCCS(=O)(=O)C(C)(C)C)N(C)Cc1cn(C)nc1C(C)C.I. The van der Waals surface area contributed by atoms with Gasteiger partial charge in [0.25, 0.3) is 0 Å². The van der Waals surface area contributed by atoms with Gasteiger partial charge in [-0.15, -0.1) is 24.0 Å². The summed E-state index contributed by atoms with van der Waals surface area (Å²) < 4.78 is 25.5. The van der Waals surface area contributed by atoms with E-state index in [4.69, 9.17) is 0 Å². The van der Waals surface area contributed by atoms with Crippen LogP contribution in [0.15, 0.2) is 11.2 Å². The van der Waals surface area contributed by atoms with E-state index in [-0.39, 0.29) is 29.7 Å². The molecular formula is C17H34IN5O2S. The molecule has 0 amide bonds. The summed E-state index contributed by atoms with van der Waals surface area (Å²) in [7, 11) is 2.40. The predicted molar refractivity (Wildman–Crippen MR) is 119 cm³/mol. The molecule has 1 rings (SSSR count). The molecular weight excluding hydrogens is 465 g/mol. The van der Waals surface area contributed by atoms with Crippen molar-refractivity contribution in [2.45, 2.75) is 51.8 Å². The molecule has 0 unspecified atom stereocenters. The number of hydrogen-bond acceptors (Lipinski definition) is 4. The molecule has 0 aromatic carbocycles. The highest BCUT2D eigenvalue weighted by atomic mass is 127. The molecule has 0 atom stereocenters. The first kappa shape index (κ1) is 25.2. The number of aliphatic imine (C=N–C) groups is 1. The van der Waals surface area contributed by atoms with Crippen molar-refractivity contribution >= 4 is 39.8 Å². The molecule has 1 N–H and O–H groups in total. The number of nitrogens with one attached hydrogen (secondary N) is 1. The predicted octanol–water partition coefficient (Wildman–Crippen LogP) is 2.38. The molecule has 0 fully saturated rings. The summed E-state index contributed by atoms with van der Waals surface area (Å²) in [6, 6.07) is 0. The Hall–Kier alpha value is -0.840. The van der Waals surface area contributed by atoms with Crippen LogP contribution in [0.1, 0.15) is 51.8 Å². The smallest absolute Gasteiger partial charge is 0.193 e. The maximum atomic E-state index is 12.2. The maximum Gasteiger partial charge on any atom is 0.193 e. The van der Waals surface area contributed by atoms with Gasteiger partial charge in [-0.2, -0.15) is 5.10 Å². The molecule has 0 radical (unpaired) electrons. The molecule has 1 aromatic heterocycles. The molecule has 1 aromatic rings. The number of hydrogen-bond donors (Lipinski definition) is 1. The van der Waals surface area contributed by atoms with Gasteiger partial charge < -0.3 is 10.2 Å². The van der Waals surface area contributed by atoms with E-state index in [0.717, 1.165) is 11.3 Å². The summed E-state index contributed by atoms with van der Waals surface area (Å²) in [5, 5.41) is 7.66. The summed E-state index contributed by atoms with van der Waals surface area (Å²) in [6.45, 7) is 10.4. The van der Waals surface area contributed by atoms with E-state index in [9.17, 15) is 8.42 Å². The molecule has 0 saturated carbocycles. The highest BCUT2D eigenvalue weighted by molar-refractivity contribution is 14.0. The lowest BCUT2D eigenvalue weighted by atomic mass is 10.1. The van der Waals surface area contributed by atoms with E-state index >= 15 is 0 Å². The second-order valence-electron chi connectivity index (χ2n) is 7.63. The molecule has 0 bridgehead atoms. The lowest BCUT2D eigenvalue weighted by Gasteiger charge is -2.24. The molecule has 0 aliphatic heterocycles. The lowest BCUT2D eigenvalue weighted by molar-refractivity contribution is 0.475. The van der Waals surface area contributed by atoms with Gasteiger partial charge in [-0.1, -0.05) is 13.8 Å². The molecule has 1 heterocycles. The summed E-state index contributed by atoms with van der Waals surface area (Å²) in [6.07, 6.45) is 2.02. The van der Waals surface area contributed by atoms with Crippen LogP contribution < -0.4 is 5.32 Å². The van der Waals surface area contributed by atoms with Crippen LogP contribution in [0.4, 0.5) is 0 Å². The Morgan fingerprint density at radius 1 is 1.38 bits per heavy atom. The normalized spacial score (nSPS) is 12.9. The van der Waals surface area contributed by atoms with Crippen LogP contribution in [0.25, 0.3) is 0 Å². The molecule has 0 aliphatic carbocycles. The van der Waals surface area contributed by atoms with Gasteiger partial charge in [-0.25, -0.2) is 8.42 Å². The summed E-state index contributed by atoms with van der Waals surface area (Å²) >= 11 is 0. The minimum atomic E-state index is -3.15. The Balaban J connectivity index is 0.00000625. The van der Waals surface area contributed by atoms with Gasteiger partial charge in [-0.05, 0) is 26.7 Å². The van der Waals surface area contributed by atoms with E-state index in [2.05, 4.69) is 29.3 Å². The number of sulfone groups is 1. The number of aryl methyl sites for hydroxylation is 1. The first-order chi connectivity index (χ1) is 11.4. The quantitative estimate of drug-likeness (QED) is 0.370. The second kappa shape index (κ2) is 9.91. The van der Waals surface area contributed by atoms with Gasteiger partial charge in [0.1, 0.15) is 0 Å². The van der Waals surface area contributed by atoms with Crippen LogP contribution in [0.5, 0.6) is 0 Å². The second-order valence-corrected chi connectivity index (χ2v) is 10.5. The average molecular weight is 499 g/mol. The third kappa shape index (κ3) is 6.71. The van der Waals surface area contributed by atoms with Gasteiger partial charge >= 0.3 is 0 Å². The summed E-state index contributed by atoms with van der Waals surface area (Å²) in [5.41, 5.74) is 2.21. The molecule has 7 nitrogen and oxygen atoms in total.